The molecule has 0 radical (unpaired) electrons. The maximum absolute atomic E-state index is 12.3. The molecule has 23 heavy (non-hydrogen) atoms. The third-order valence-electron chi connectivity index (χ3n) is 3.27. The van der Waals surface area contributed by atoms with Gasteiger partial charge in [-0.05, 0) is 29.8 Å². The zero-order valence-electron chi connectivity index (χ0n) is 11.8. The van der Waals surface area contributed by atoms with Crippen LogP contribution in [0.15, 0.2) is 53.5 Å². The predicted molar refractivity (Wildman–Crippen MR) is 86.9 cm³/mol. The van der Waals surface area contributed by atoms with Crippen molar-refractivity contribution in [1.29, 1.82) is 0 Å². The van der Waals surface area contributed by atoms with E-state index < -0.39 is 16.2 Å². The highest BCUT2D eigenvalue weighted by atomic mass is 35.5. The first kappa shape index (κ1) is 15.0. The van der Waals surface area contributed by atoms with E-state index in [1.54, 1.807) is 42.5 Å². The average molecular weight is 331 g/mol. The molecular formula is C15H11ClN4O3. The second-order valence-electron chi connectivity index (χ2n) is 4.78. The van der Waals surface area contributed by atoms with Crippen LogP contribution in [0, 0.1) is 10.1 Å². The fraction of sp³-hybridized carbons (Fsp3) is 0.0667. The number of fused-ring (bicyclic) bond motifs is 1. The number of rotatable bonds is 4. The van der Waals surface area contributed by atoms with E-state index in [1.807, 2.05) is 0 Å². The minimum atomic E-state index is -0.723. The standard InChI is InChI=1S/C15H11ClN4O3/c16-11-6-4-10(5-7-11)9-17-14-13(20(22)23)15(21)19-8-2-1-3-12(19)18-14/h1-8,17H,9H2. The van der Waals surface area contributed by atoms with Crippen LogP contribution >= 0.6 is 11.6 Å². The van der Waals surface area contributed by atoms with Crippen molar-refractivity contribution in [2.75, 3.05) is 5.32 Å². The number of nitrogens with zero attached hydrogens (tertiary/aromatic N) is 3. The summed E-state index contributed by atoms with van der Waals surface area (Å²) in [5.74, 6) is -0.0545. The van der Waals surface area contributed by atoms with E-state index >= 15 is 0 Å². The molecule has 0 aliphatic rings. The van der Waals surface area contributed by atoms with Crippen molar-refractivity contribution in [3.8, 4) is 0 Å². The lowest BCUT2D eigenvalue weighted by Crippen LogP contribution is -2.21. The van der Waals surface area contributed by atoms with Crippen LogP contribution in [-0.2, 0) is 6.54 Å². The molecule has 0 bridgehead atoms. The maximum Gasteiger partial charge on any atom is 0.376 e. The normalized spacial score (nSPS) is 10.7. The zero-order chi connectivity index (χ0) is 16.4. The number of anilines is 1. The van der Waals surface area contributed by atoms with E-state index in [4.69, 9.17) is 11.6 Å². The van der Waals surface area contributed by atoms with E-state index in [1.165, 1.54) is 6.20 Å². The summed E-state index contributed by atoms with van der Waals surface area (Å²) in [6.07, 6.45) is 1.45. The molecule has 0 amide bonds. The van der Waals surface area contributed by atoms with Gasteiger partial charge >= 0.3 is 11.2 Å². The van der Waals surface area contributed by atoms with Gasteiger partial charge in [0.1, 0.15) is 5.65 Å². The molecule has 0 spiro atoms. The van der Waals surface area contributed by atoms with Crippen LogP contribution in [-0.4, -0.2) is 14.3 Å². The molecule has 0 fully saturated rings. The Morgan fingerprint density at radius 2 is 1.96 bits per heavy atom. The number of benzene rings is 1. The molecule has 2 heterocycles. The molecule has 0 aliphatic carbocycles. The Kier molecular flexibility index (Phi) is 3.94. The van der Waals surface area contributed by atoms with Gasteiger partial charge in [0.05, 0.1) is 4.92 Å². The lowest BCUT2D eigenvalue weighted by molar-refractivity contribution is -0.385. The number of pyridine rings is 1. The average Bonchev–Trinajstić information content (AvgIpc) is 2.54. The number of nitro groups is 1. The number of nitrogens with one attached hydrogen (secondary N) is 1. The molecule has 2 aromatic heterocycles. The largest absolute Gasteiger partial charge is 0.376 e. The number of halogens is 1. The Bertz CT molecular complexity index is 938. The zero-order valence-corrected chi connectivity index (χ0v) is 12.5. The Morgan fingerprint density at radius 3 is 2.65 bits per heavy atom. The van der Waals surface area contributed by atoms with Crippen molar-refractivity contribution < 1.29 is 4.92 Å². The quantitative estimate of drug-likeness (QED) is 0.587. The molecule has 8 heteroatoms. The summed E-state index contributed by atoms with van der Waals surface area (Å²) in [4.78, 5) is 27.0. The monoisotopic (exact) mass is 330 g/mol. The second-order valence-corrected chi connectivity index (χ2v) is 5.22. The van der Waals surface area contributed by atoms with Gasteiger partial charge in [-0.2, -0.15) is 0 Å². The summed E-state index contributed by atoms with van der Waals surface area (Å²) in [7, 11) is 0. The van der Waals surface area contributed by atoms with Crippen LogP contribution in [0.3, 0.4) is 0 Å². The fourth-order valence-corrected chi connectivity index (χ4v) is 2.28. The predicted octanol–water partition coefficient (Wildman–Crippen LogP) is 2.87. The van der Waals surface area contributed by atoms with Crippen molar-refractivity contribution in [1.82, 2.24) is 9.38 Å². The van der Waals surface area contributed by atoms with Gasteiger partial charge in [0, 0.05) is 17.8 Å². The lowest BCUT2D eigenvalue weighted by Gasteiger charge is -2.08. The van der Waals surface area contributed by atoms with Crippen LogP contribution in [0.4, 0.5) is 11.5 Å². The number of aromatic nitrogens is 2. The summed E-state index contributed by atoms with van der Waals surface area (Å²) in [5.41, 5.74) is -0.109. The van der Waals surface area contributed by atoms with Gasteiger partial charge in [-0.15, -0.1) is 0 Å². The Morgan fingerprint density at radius 1 is 1.22 bits per heavy atom. The molecule has 0 saturated heterocycles. The molecule has 1 N–H and O–H groups in total. The van der Waals surface area contributed by atoms with Gasteiger partial charge in [-0.1, -0.05) is 29.8 Å². The summed E-state index contributed by atoms with van der Waals surface area (Å²) in [5, 5.41) is 14.7. The summed E-state index contributed by atoms with van der Waals surface area (Å²) < 4.78 is 1.14. The molecule has 7 nitrogen and oxygen atoms in total. The SMILES string of the molecule is O=c1c([N+](=O)[O-])c(NCc2ccc(Cl)cc2)nc2ccccn12. The first-order chi connectivity index (χ1) is 11.1. The van der Waals surface area contributed by atoms with Crippen LogP contribution in [0.5, 0.6) is 0 Å². The van der Waals surface area contributed by atoms with Crippen LogP contribution in [0.25, 0.3) is 5.65 Å². The van der Waals surface area contributed by atoms with Crippen molar-refractivity contribution in [3.05, 3.63) is 79.7 Å². The van der Waals surface area contributed by atoms with Gasteiger partial charge in [0.2, 0.25) is 5.82 Å². The topological polar surface area (TPSA) is 89.5 Å². The van der Waals surface area contributed by atoms with E-state index in [0.29, 0.717) is 10.7 Å². The van der Waals surface area contributed by atoms with Crippen LogP contribution in [0.2, 0.25) is 5.02 Å². The third kappa shape index (κ3) is 3.00. The highest BCUT2D eigenvalue weighted by molar-refractivity contribution is 6.30. The highest BCUT2D eigenvalue weighted by Crippen LogP contribution is 2.19. The van der Waals surface area contributed by atoms with E-state index in [0.717, 1.165) is 9.96 Å². The molecule has 0 unspecified atom stereocenters. The smallest absolute Gasteiger partial charge is 0.360 e. The van der Waals surface area contributed by atoms with Crippen LogP contribution in [0.1, 0.15) is 5.56 Å². The first-order valence-corrected chi connectivity index (χ1v) is 7.08. The number of hydrogen-bond acceptors (Lipinski definition) is 5. The Hall–Kier alpha value is -2.93. The molecule has 116 valence electrons. The summed E-state index contributed by atoms with van der Waals surface area (Å²) >= 11 is 5.82. The van der Waals surface area contributed by atoms with Gasteiger partial charge in [0.25, 0.3) is 0 Å². The minimum Gasteiger partial charge on any atom is -0.360 e. The first-order valence-electron chi connectivity index (χ1n) is 6.70. The molecule has 0 saturated carbocycles. The highest BCUT2D eigenvalue weighted by Gasteiger charge is 2.23. The van der Waals surface area contributed by atoms with E-state index in [9.17, 15) is 14.9 Å². The molecule has 0 aliphatic heterocycles. The Balaban J connectivity index is 2.02. The maximum atomic E-state index is 12.3. The molecule has 0 atom stereocenters. The second kappa shape index (κ2) is 6.05. The van der Waals surface area contributed by atoms with E-state index in [-0.39, 0.29) is 12.4 Å². The van der Waals surface area contributed by atoms with Crippen LogP contribution < -0.4 is 10.9 Å². The van der Waals surface area contributed by atoms with Crippen molar-refractivity contribution in [2.45, 2.75) is 6.54 Å². The van der Waals surface area contributed by atoms with Crippen molar-refractivity contribution in [3.63, 3.8) is 0 Å². The Labute approximate surface area is 135 Å². The summed E-state index contributed by atoms with van der Waals surface area (Å²) in [6, 6.07) is 11.9. The molecule has 3 aromatic rings. The van der Waals surface area contributed by atoms with Crippen molar-refractivity contribution in [2.24, 2.45) is 0 Å². The van der Waals surface area contributed by atoms with Gasteiger partial charge in [-0.3, -0.25) is 19.3 Å². The number of hydrogen-bond donors (Lipinski definition) is 1. The fourth-order valence-electron chi connectivity index (χ4n) is 2.16. The summed E-state index contributed by atoms with van der Waals surface area (Å²) in [6.45, 7) is 0.285. The lowest BCUT2D eigenvalue weighted by atomic mass is 10.2. The van der Waals surface area contributed by atoms with Gasteiger partial charge in [0.15, 0.2) is 0 Å². The van der Waals surface area contributed by atoms with Gasteiger partial charge in [-0.25, -0.2) is 4.98 Å². The minimum absolute atomic E-state index is 0.0545. The molecular weight excluding hydrogens is 320 g/mol. The molecule has 3 rings (SSSR count). The van der Waals surface area contributed by atoms with Gasteiger partial charge < -0.3 is 5.32 Å². The third-order valence-corrected chi connectivity index (χ3v) is 3.52. The van der Waals surface area contributed by atoms with Crippen molar-refractivity contribution >= 4 is 28.8 Å². The van der Waals surface area contributed by atoms with E-state index in [2.05, 4.69) is 10.3 Å². The molecule has 1 aromatic carbocycles.